The molecular weight excluding hydrogens is 400 g/mol. The van der Waals surface area contributed by atoms with Gasteiger partial charge in [-0.05, 0) is 49.3 Å². The third-order valence-electron chi connectivity index (χ3n) is 6.25. The van der Waals surface area contributed by atoms with Gasteiger partial charge in [-0.3, -0.25) is 9.88 Å². The summed E-state index contributed by atoms with van der Waals surface area (Å²) in [6.45, 7) is 8.26. The fraction of sp³-hybridized carbons (Fsp3) is 0.636. The maximum absolute atomic E-state index is 6.30. The van der Waals surface area contributed by atoms with Crippen LogP contribution in [0.15, 0.2) is 24.3 Å². The molecule has 0 unspecified atom stereocenters. The van der Waals surface area contributed by atoms with Crippen LogP contribution in [0.1, 0.15) is 38.7 Å². The number of morpholine rings is 1. The summed E-state index contributed by atoms with van der Waals surface area (Å²) < 4.78 is 6.30. The van der Waals surface area contributed by atoms with Crippen molar-refractivity contribution < 1.29 is 4.74 Å². The van der Waals surface area contributed by atoms with Gasteiger partial charge in [0.05, 0.1) is 12.7 Å². The van der Waals surface area contributed by atoms with Crippen LogP contribution in [0.2, 0.25) is 5.02 Å². The molecule has 0 radical (unpaired) electrons. The number of nitrogens with zero attached hydrogens (tertiary/aromatic N) is 4. The molecule has 164 valence electrons. The van der Waals surface area contributed by atoms with E-state index in [4.69, 9.17) is 22.1 Å². The molecule has 3 N–H and O–H groups in total. The lowest BCUT2D eigenvalue weighted by molar-refractivity contribution is -0.0881. The Morgan fingerprint density at radius 2 is 1.93 bits per heavy atom. The van der Waals surface area contributed by atoms with Gasteiger partial charge in [0, 0.05) is 36.7 Å². The van der Waals surface area contributed by atoms with E-state index in [0.717, 1.165) is 62.9 Å². The number of anilines is 2. The number of nitrogens with one attached hydrogen (secondary N) is 1. The summed E-state index contributed by atoms with van der Waals surface area (Å²) >= 11 is 6.08. The summed E-state index contributed by atoms with van der Waals surface area (Å²) in [5.74, 6) is 1.80. The van der Waals surface area contributed by atoms with Crippen molar-refractivity contribution in [2.45, 2.75) is 57.7 Å². The molecule has 2 aliphatic heterocycles. The number of halogens is 1. The van der Waals surface area contributed by atoms with Crippen molar-refractivity contribution >= 4 is 23.5 Å². The van der Waals surface area contributed by atoms with Crippen molar-refractivity contribution in [1.82, 2.24) is 20.1 Å². The fourth-order valence-electron chi connectivity index (χ4n) is 4.78. The summed E-state index contributed by atoms with van der Waals surface area (Å²) in [7, 11) is 0. The molecule has 0 bridgehead atoms. The molecule has 1 aromatic carbocycles. The molecule has 30 heavy (non-hydrogen) atoms. The lowest BCUT2D eigenvalue weighted by atomic mass is 9.94. The first-order valence-corrected chi connectivity index (χ1v) is 11.4. The van der Waals surface area contributed by atoms with E-state index in [0.29, 0.717) is 30.1 Å². The molecule has 0 spiro atoms. The Kier molecular flexibility index (Phi) is 6.80. The average Bonchev–Trinajstić information content (AvgIpc) is 3.17. The number of H-pyrrole nitrogens is 1. The van der Waals surface area contributed by atoms with Crippen LogP contribution >= 0.6 is 11.6 Å². The topological polar surface area (TPSA) is 83.3 Å². The first-order chi connectivity index (χ1) is 14.5. The highest BCUT2D eigenvalue weighted by Gasteiger charge is 2.35. The average molecular weight is 433 g/mol. The van der Waals surface area contributed by atoms with Gasteiger partial charge in [0.15, 0.2) is 0 Å². The summed E-state index contributed by atoms with van der Waals surface area (Å²) in [6.07, 6.45) is 4.63. The summed E-state index contributed by atoms with van der Waals surface area (Å²) in [5, 5.41) is 8.83. The van der Waals surface area contributed by atoms with Gasteiger partial charge in [0.1, 0.15) is 0 Å². The maximum atomic E-state index is 6.30. The van der Waals surface area contributed by atoms with Crippen LogP contribution in [0.25, 0.3) is 0 Å². The SMILES string of the molecule is CC(C)C[C@H]1CN(C2CCN(c3nnc(N)[nH]3)CC2)[C@@H](Cc2ccc(Cl)cc2)CO1. The molecule has 0 amide bonds. The minimum Gasteiger partial charge on any atom is -0.375 e. The molecular formula is C22H33ClN6O. The molecule has 2 atom stereocenters. The van der Waals surface area contributed by atoms with Gasteiger partial charge in [-0.15, -0.1) is 10.2 Å². The normalized spacial score (nSPS) is 23.9. The highest BCUT2D eigenvalue weighted by molar-refractivity contribution is 6.30. The number of ether oxygens (including phenoxy) is 1. The Labute approximate surface area is 183 Å². The van der Waals surface area contributed by atoms with Gasteiger partial charge in [0.2, 0.25) is 11.9 Å². The largest absolute Gasteiger partial charge is 0.375 e. The first kappa shape index (κ1) is 21.4. The highest BCUT2D eigenvalue weighted by atomic mass is 35.5. The van der Waals surface area contributed by atoms with Crippen molar-refractivity contribution in [3.63, 3.8) is 0 Å². The maximum Gasteiger partial charge on any atom is 0.226 e. The van der Waals surface area contributed by atoms with Crippen LogP contribution in [-0.4, -0.2) is 64.5 Å². The molecule has 1 aromatic heterocycles. The lowest BCUT2D eigenvalue weighted by Crippen LogP contribution is -2.57. The molecule has 2 aliphatic rings. The zero-order valence-electron chi connectivity index (χ0n) is 17.9. The second-order valence-corrected chi connectivity index (χ2v) is 9.45. The Bertz CT molecular complexity index is 802. The lowest BCUT2D eigenvalue weighted by Gasteiger charge is -2.47. The van der Waals surface area contributed by atoms with Gasteiger partial charge in [-0.1, -0.05) is 37.6 Å². The van der Waals surface area contributed by atoms with Crippen molar-refractivity contribution in [2.75, 3.05) is 36.9 Å². The summed E-state index contributed by atoms with van der Waals surface area (Å²) in [4.78, 5) is 8.02. The number of aromatic nitrogens is 3. The first-order valence-electron chi connectivity index (χ1n) is 11.0. The van der Waals surface area contributed by atoms with E-state index < -0.39 is 0 Å². The van der Waals surface area contributed by atoms with Crippen LogP contribution in [0, 0.1) is 5.92 Å². The minimum atomic E-state index is 0.318. The number of benzene rings is 1. The van der Waals surface area contributed by atoms with Crippen LogP contribution in [0.4, 0.5) is 11.9 Å². The molecule has 0 saturated carbocycles. The second kappa shape index (κ2) is 9.54. The molecule has 3 heterocycles. The van der Waals surface area contributed by atoms with Gasteiger partial charge in [0.25, 0.3) is 0 Å². The fourth-order valence-corrected chi connectivity index (χ4v) is 4.91. The van der Waals surface area contributed by atoms with E-state index in [2.05, 4.69) is 51.0 Å². The molecule has 4 rings (SSSR count). The third kappa shape index (κ3) is 5.25. The number of hydrogen-bond donors (Lipinski definition) is 2. The monoisotopic (exact) mass is 432 g/mol. The van der Waals surface area contributed by atoms with E-state index in [1.54, 1.807) is 0 Å². The predicted octanol–water partition coefficient (Wildman–Crippen LogP) is 3.37. The highest BCUT2D eigenvalue weighted by Crippen LogP contribution is 2.28. The number of nitrogens with two attached hydrogens (primary N) is 1. The standard InChI is InChI=1S/C22H33ClN6O/c1-15(2)11-20-13-29(19(14-30-20)12-16-3-5-17(23)6-4-16)18-7-9-28(10-8-18)22-25-21(24)26-27-22/h3-6,15,18-20H,7-14H2,1-2H3,(H3,24,25,26,27)/t19-,20-/m0/s1. The van der Waals surface area contributed by atoms with Crippen molar-refractivity contribution in [1.29, 1.82) is 0 Å². The number of hydrogen-bond acceptors (Lipinski definition) is 6. The Balaban J connectivity index is 1.43. The quantitative estimate of drug-likeness (QED) is 0.728. The van der Waals surface area contributed by atoms with Crippen LogP contribution < -0.4 is 10.6 Å². The number of piperidine rings is 1. The van der Waals surface area contributed by atoms with Gasteiger partial charge in [-0.25, -0.2) is 0 Å². The number of rotatable bonds is 6. The summed E-state index contributed by atoms with van der Waals surface area (Å²) in [6, 6.07) is 9.18. The number of aromatic amines is 1. The molecule has 2 aromatic rings. The second-order valence-electron chi connectivity index (χ2n) is 9.02. The molecule has 8 heteroatoms. The van der Waals surface area contributed by atoms with Gasteiger partial charge < -0.3 is 15.4 Å². The van der Waals surface area contributed by atoms with E-state index >= 15 is 0 Å². The van der Waals surface area contributed by atoms with Crippen LogP contribution in [0.5, 0.6) is 0 Å². The van der Waals surface area contributed by atoms with Crippen molar-refractivity contribution in [2.24, 2.45) is 5.92 Å². The zero-order valence-corrected chi connectivity index (χ0v) is 18.7. The van der Waals surface area contributed by atoms with Crippen molar-refractivity contribution in [3.8, 4) is 0 Å². The molecule has 7 nitrogen and oxygen atoms in total. The molecule has 2 saturated heterocycles. The van der Waals surface area contributed by atoms with Gasteiger partial charge in [-0.2, -0.15) is 0 Å². The van der Waals surface area contributed by atoms with E-state index in [9.17, 15) is 0 Å². The Hall–Kier alpha value is -1.83. The van der Waals surface area contributed by atoms with E-state index in [-0.39, 0.29) is 0 Å². The number of nitrogen functional groups attached to an aromatic ring is 1. The molecule has 2 fully saturated rings. The smallest absolute Gasteiger partial charge is 0.226 e. The Morgan fingerprint density at radius 3 is 2.57 bits per heavy atom. The minimum absolute atomic E-state index is 0.318. The van der Waals surface area contributed by atoms with Crippen molar-refractivity contribution in [3.05, 3.63) is 34.9 Å². The van der Waals surface area contributed by atoms with E-state index in [1.165, 1.54) is 5.56 Å². The van der Waals surface area contributed by atoms with Crippen LogP contribution in [-0.2, 0) is 11.2 Å². The zero-order chi connectivity index (χ0) is 21.1. The van der Waals surface area contributed by atoms with Crippen LogP contribution in [0.3, 0.4) is 0 Å². The van der Waals surface area contributed by atoms with E-state index in [1.807, 2.05) is 12.1 Å². The predicted molar refractivity (Wildman–Crippen MR) is 121 cm³/mol. The molecule has 0 aliphatic carbocycles. The summed E-state index contributed by atoms with van der Waals surface area (Å²) in [5.41, 5.74) is 7.01. The Morgan fingerprint density at radius 1 is 1.20 bits per heavy atom. The van der Waals surface area contributed by atoms with Gasteiger partial charge >= 0.3 is 0 Å². The third-order valence-corrected chi connectivity index (χ3v) is 6.50.